The van der Waals surface area contributed by atoms with E-state index in [2.05, 4.69) is 15.3 Å². The maximum absolute atomic E-state index is 11.9. The Morgan fingerprint density at radius 1 is 1.18 bits per heavy atom. The van der Waals surface area contributed by atoms with Crippen molar-refractivity contribution >= 4 is 12.0 Å². The summed E-state index contributed by atoms with van der Waals surface area (Å²) in [6, 6.07) is 15.4. The van der Waals surface area contributed by atoms with Gasteiger partial charge in [0.2, 0.25) is 5.91 Å². The Hall–Kier alpha value is -3.44. The summed E-state index contributed by atoms with van der Waals surface area (Å²) in [5.41, 5.74) is 10.1. The third kappa shape index (κ3) is 7.43. The predicted molar refractivity (Wildman–Crippen MR) is 109 cm³/mol. The maximum Gasteiger partial charge on any atom is 0.243 e. The van der Waals surface area contributed by atoms with E-state index in [0.29, 0.717) is 31.2 Å². The van der Waals surface area contributed by atoms with Crippen molar-refractivity contribution in [1.29, 1.82) is 0 Å². The number of hydrogen-bond donors (Lipinski definition) is 1. The molecule has 2 aromatic rings. The second-order valence-corrected chi connectivity index (χ2v) is 5.97. The normalized spacial score (nSPS) is 10.3. The van der Waals surface area contributed by atoms with Crippen molar-refractivity contribution in [2.75, 3.05) is 20.2 Å². The first-order valence-corrected chi connectivity index (χ1v) is 9.04. The van der Waals surface area contributed by atoms with Gasteiger partial charge in [-0.3, -0.25) is 4.79 Å². The highest BCUT2D eigenvalue weighted by Crippen LogP contribution is 2.29. The molecular formula is C21H24N4O3. The summed E-state index contributed by atoms with van der Waals surface area (Å²) >= 11 is 0. The second kappa shape index (κ2) is 12.0. The molecule has 0 heterocycles. The highest BCUT2D eigenvalue weighted by molar-refractivity contribution is 5.91. The average molecular weight is 380 g/mol. The maximum atomic E-state index is 11.9. The number of methoxy groups -OCH3 is 1. The van der Waals surface area contributed by atoms with Crippen LogP contribution in [-0.2, 0) is 11.4 Å². The number of nitrogens with one attached hydrogen (secondary N) is 1. The molecule has 146 valence electrons. The molecule has 0 saturated carbocycles. The molecule has 0 aliphatic heterocycles. The summed E-state index contributed by atoms with van der Waals surface area (Å²) in [4.78, 5) is 14.5. The van der Waals surface area contributed by atoms with Crippen molar-refractivity contribution in [2.24, 2.45) is 5.11 Å². The monoisotopic (exact) mass is 380 g/mol. The number of hydrogen-bond acceptors (Lipinski definition) is 4. The van der Waals surface area contributed by atoms with Crippen molar-refractivity contribution in [3.63, 3.8) is 0 Å². The largest absolute Gasteiger partial charge is 0.493 e. The standard InChI is InChI=1S/C21H24N4O3/c1-27-20-15-17(10-12-21(26)23-13-5-6-14-24-25-22)9-11-19(20)28-16-18-7-3-2-4-8-18/h2-4,7-12,15H,5-6,13-14,16H2,1H3,(H,23,26)/b12-10-. The lowest BCUT2D eigenvalue weighted by Gasteiger charge is -2.11. The van der Waals surface area contributed by atoms with Crippen molar-refractivity contribution in [1.82, 2.24) is 5.32 Å². The van der Waals surface area contributed by atoms with Gasteiger partial charge < -0.3 is 14.8 Å². The molecular weight excluding hydrogens is 356 g/mol. The number of carbonyl (C=O) groups is 1. The number of benzene rings is 2. The molecule has 0 unspecified atom stereocenters. The van der Waals surface area contributed by atoms with E-state index < -0.39 is 0 Å². The zero-order valence-electron chi connectivity index (χ0n) is 15.9. The van der Waals surface area contributed by atoms with Crippen molar-refractivity contribution < 1.29 is 14.3 Å². The van der Waals surface area contributed by atoms with Crippen LogP contribution in [0.15, 0.2) is 59.7 Å². The summed E-state index contributed by atoms with van der Waals surface area (Å²) in [5, 5.41) is 6.24. The van der Waals surface area contributed by atoms with Crippen LogP contribution in [0.25, 0.3) is 16.5 Å². The highest BCUT2D eigenvalue weighted by atomic mass is 16.5. The minimum Gasteiger partial charge on any atom is -0.493 e. The Morgan fingerprint density at radius 2 is 2.00 bits per heavy atom. The first kappa shape index (κ1) is 20.9. The third-order valence-corrected chi connectivity index (χ3v) is 3.90. The molecule has 0 spiro atoms. The van der Waals surface area contributed by atoms with Gasteiger partial charge >= 0.3 is 0 Å². The first-order chi connectivity index (χ1) is 13.7. The van der Waals surface area contributed by atoms with Gasteiger partial charge in [0.25, 0.3) is 0 Å². The molecule has 1 amide bonds. The van der Waals surface area contributed by atoms with Crippen LogP contribution in [-0.4, -0.2) is 26.1 Å². The fraction of sp³-hybridized carbons (Fsp3) is 0.286. The molecule has 2 rings (SSSR count). The molecule has 0 bridgehead atoms. The van der Waals surface area contributed by atoms with Crippen LogP contribution in [0.4, 0.5) is 0 Å². The fourth-order valence-electron chi connectivity index (χ4n) is 2.44. The molecule has 7 heteroatoms. The van der Waals surface area contributed by atoms with Gasteiger partial charge in [0.15, 0.2) is 11.5 Å². The summed E-state index contributed by atoms with van der Waals surface area (Å²) in [6.45, 7) is 1.44. The molecule has 0 aliphatic carbocycles. The summed E-state index contributed by atoms with van der Waals surface area (Å²) in [5.74, 6) is 1.08. The summed E-state index contributed by atoms with van der Waals surface area (Å²) in [7, 11) is 1.58. The van der Waals surface area contributed by atoms with Crippen molar-refractivity contribution in [2.45, 2.75) is 19.4 Å². The summed E-state index contributed by atoms with van der Waals surface area (Å²) in [6.07, 6.45) is 4.71. The number of rotatable bonds is 11. The smallest absolute Gasteiger partial charge is 0.243 e. The molecule has 1 N–H and O–H groups in total. The zero-order valence-corrected chi connectivity index (χ0v) is 15.9. The minimum absolute atomic E-state index is 0.174. The van der Waals surface area contributed by atoms with E-state index in [-0.39, 0.29) is 5.91 Å². The Labute approximate surface area is 164 Å². The van der Waals surface area contributed by atoms with Gasteiger partial charge in [-0.1, -0.05) is 41.5 Å². The Morgan fingerprint density at radius 3 is 2.75 bits per heavy atom. The van der Waals surface area contributed by atoms with Crippen LogP contribution in [0, 0.1) is 0 Å². The number of carbonyl (C=O) groups excluding carboxylic acids is 1. The van der Waals surface area contributed by atoms with Crippen molar-refractivity contribution in [3.05, 3.63) is 76.2 Å². The van der Waals surface area contributed by atoms with Crippen LogP contribution < -0.4 is 14.8 Å². The SMILES string of the molecule is COc1cc(/C=C\C(=O)NCCCCN=[N+]=[N-])ccc1OCc1ccccc1. The second-order valence-electron chi connectivity index (χ2n) is 5.97. The molecule has 7 nitrogen and oxygen atoms in total. The number of nitrogens with zero attached hydrogens (tertiary/aromatic N) is 3. The Balaban J connectivity index is 1.85. The van der Waals surface area contributed by atoms with E-state index in [1.165, 1.54) is 6.08 Å². The topological polar surface area (TPSA) is 96.3 Å². The van der Waals surface area contributed by atoms with E-state index in [1.54, 1.807) is 13.2 Å². The van der Waals surface area contributed by atoms with Crippen LogP contribution >= 0.6 is 0 Å². The fourth-order valence-corrected chi connectivity index (χ4v) is 2.44. The number of azide groups is 1. The van der Waals surface area contributed by atoms with Gasteiger partial charge in [-0.2, -0.15) is 0 Å². The number of ether oxygens (including phenoxy) is 2. The van der Waals surface area contributed by atoms with Gasteiger partial charge in [0.1, 0.15) is 6.61 Å². The van der Waals surface area contributed by atoms with Crippen LogP contribution in [0.1, 0.15) is 24.0 Å². The molecule has 0 radical (unpaired) electrons. The molecule has 0 atom stereocenters. The Bertz CT molecular complexity index is 831. The molecule has 0 aromatic heterocycles. The van der Waals surface area contributed by atoms with Gasteiger partial charge in [-0.25, -0.2) is 0 Å². The molecule has 0 saturated heterocycles. The molecule has 28 heavy (non-hydrogen) atoms. The first-order valence-electron chi connectivity index (χ1n) is 9.04. The number of unbranched alkanes of at least 4 members (excludes halogenated alkanes) is 1. The van der Waals surface area contributed by atoms with Gasteiger partial charge in [0.05, 0.1) is 7.11 Å². The molecule has 0 fully saturated rings. The lowest BCUT2D eigenvalue weighted by molar-refractivity contribution is -0.116. The van der Waals surface area contributed by atoms with Gasteiger partial charge in [0, 0.05) is 24.1 Å². The highest BCUT2D eigenvalue weighted by Gasteiger charge is 2.05. The average Bonchev–Trinajstić information content (AvgIpc) is 2.74. The van der Waals surface area contributed by atoms with Gasteiger partial charge in [-0.05, 0) is 47.7 Å². The van der Waals surface area contributed by atoms with E-state index in [0.717, 1.165) is 24.0 Å². The van der Waals surface area contributed by atoms with E-state index in [1.807, 2.05) is 48.5 Å². The molecule has 2 aromatic carbocycles. The van der Waals surface area contributed by atoms with Gasteiger partial charge in [-0.15, -0.1) is 0 Å². The lowest BCUT2D eigenvalue weighted by atomic mass is 10.2. The van der Waals surface area contributed by atoms with Crippen molar-refractivity contribution in [3.8, 4) is 11.5 Å². The Kier molecular flexibility index (Phi) is 8.97. The van der Waals surface area contributed by atoms with E-state index >= 15 is 0 Å². The minimum atomic E-state index is -0.174. The summed E-state index contributed by atoms with van der Waals surface area (Å²) < 4.78 is 11.2. The predicted octanol–water partition coefficient (Wildman–Crippen LogP) is 4.49. The van der Waals surface area contributed by atoms with E-state index in [9.17, 15) is 4.79 Å². The molecule has 0 aliphatic rings. The quantitative estimate of drug-likeness (QED) is 0.204. The van der Waals surface area contributed by atoms with E-state index in [4.69, 9.17) is 15.0 Å². The zero-order chi connectivity index (χ0) is 20.0. The lowest BCUT2D eigenvalue weighted by Crippen LogP contribution is -2.22. The van der Waals surface area contributed by atoms with Crippen LogP contribution in [0.2, 0.25) is 0 Å². The third-order valence-electron chi connectivity index (χ3n) is 3.90. The number of amides is 1. The van der Waals surface area contributed by atoms with Crippen LogP contribution in [0.5, 0.6) is 11.5 Å². The van der Waals surface area contributed by atoms with Crippen LogP contribution in [0.3, 0.4) is 0 Å².